The Bertz CT molecular complexity index is 514. The molecule has 0 saturated heterocycles. The second kappa shape index (κ2) is 8.34. The highest BCUT2D eigenvalue weighted by atomic mass is 14.8. The third-order valence-corrected chi connectivity index (χ3v) is 3.46. The summed E-state index contributed by atoms with van der Waals surface area (Å²) in [7, 11) is 0. The second-order valence-corrected chi connectivity index (χ2v) is 4.95. The van der Waals surface area contributed by atoms with Gasteiger partial charge in [0.05, 0.1) is 0 Å². The maximum atomic E-state index is 3.51. The SMILES string of the molecule is C/C=C(\CCCNCc1ccccc1)c1ccccc1. The molecule has 0 aliphatic carbocycles. The molecule has 104 valence electrons. The van der Waals surface area contributed by atoms with E-state index in [0.717, 1.165) is 19.5 Å². The van der Waals surface area contributed by atoms with Crippen LogP contribution in [0.1, 0.15) is 30.9 Å². The van der Waals surface area contributed by atoms with E-state index in [1.165, 1.54) is 23.1 Å². The summed E-state index contributed by atoms with van der Waals surface area (Å²) in [5.41, 5.74) is 4.13. The highest BCUT2D eigenvalue weighted by Gasteiger charge is 1.99. The molecule has 0 spiro atoms. The zero-order chi connectivity index (χ0) is 14.0. The molecule has 1 N–H and O–H groups in total. The van der Waals surface area contributed by atoms with Crippen molar-refractivity contribution in [1.82, 2.24) is 5.32 Å². The van der Waals surface area contributed by atoms with E-state index in [4.69, 9.17) is 0 Å². The van der Waals surface area contributed by atoms with E-state index in [2.05, 4.69) is 79.0 Å². The molecule has 0 atom stereocenters. The van der Waals surface area contributed by atoms with Gasteiger partial charge in [0.25, 0.3) is 0 Å². The molecule has 0 heterocycles. The first kappa shape index (κ1) is 14.5. The zero-order valence-electron chi connectivity index (χ0n) is 12.2. The Hall–Kier alpha value is -1.86. The highest BCUT2D eigenvalue weighted by molar-refractivity contribution is 5.65. The van der Waals surface area contributed by atoms with Crippen LogP contribution < -0.4 is 5.32 Å². The van der Waals surface area contributed by atoms with Crippen LogP contribution in [0.2, 0.25) is 0 Å². The summed E-state index contributed by atoms with van der Waals surface area (Å²) in [6.07, 6.45) is 4.52. The molecule has 0 amide bonds. The van der Waals surface area contributed by atoms with Crippen molar-refractivity contribution in [3.8, 4) is 0 Å². The normalized spacial score (nSPS) is 11.6. The molecule has 0 bridgehead atoms. The summed E-state index contributed by atoms with van der Waals surface area (Å²) in [6, 6.07) is 21.2. The molecule has 1 nitrogen and oxygen atoms in total. The van der Waals surface area contributed by atoms with Crippen molar-refractivity contribution in [2.45, 2.75) is 26.3 Å². The molecule has 2 aromatic carbocycles. The molecule has 0 unspecified atom stereocenters. The molecule has 0 aliphatic heterocycles. The van der Waals surface area contributed by atoms with Crippen molar-refractivity contribution < 1.29 is 0 Å². The second-order valence-electron chi connectivity index (χ2n) is 4.95. The van der Waals surface area contributed by atoms with E-state index in [0.29, 0.717) is 0 Å². The van der Waals surface area contributed by atoms with Crippen molar-refractivity contribution in [2.24, 2.45) is 0 Å². The fraction of sp³-hybridized carbons (Fsp3) is 0.263. The molecule has 0 aliphatic rings. The number of nitrogens with one attached hydrogen (secondary N) is 1. The number of hydrogen-bond acceptors (Lipinski definition) is 1. The van der Waals surface area contributed by atoms with Gasteiger partial charge in [0.1, 0.15) is 0 Å². The van der Waals surface area contributed by atoms with Gasteiger partial charge in [0.15, 0.2) is 0 Å². The maximum absolute atomic E-state index is 3.51. The maximum Gasteiger partial charge on any atom is 0.0205 e. The van der Waals surface area contributed by atoms with E-state index in [-0.39, 0.29) is 0 Å². The quantitative estimate of drug-likeness (QED) is 0.718. The fourth-order valence-corrected chi connectivity index (χ4v) is 2.34. The predicted molar refractivity (Wildman–Crippen MR) is 87.5 cm³/mol. The van der Waals surface area contributed by atoms with Gasteiger partial charge in [-0.2, -0.15) is 0 Å². The van der Waals surface area contributed by atoms with Gasteiger partial charge in [-0.05, 0) is 43.0 Å². The molecule has 2 rings (SSSR count). The summed E-state index contributed by atoms with van der Waals surface area (Å²) in [5.74, 6) is 0. The van der Waals surface area contributed by atoms with Crippen LogP contribution in [0.4, 0.5) is 0 Å². The van der Waals surface area contributed by atoms with E-state index in [1.807, 2.05) is 0 Å². The average Bonchev–Trinajstić information content (AvgIpc) is 2.53. The van der Waals surface area contributed by atoms with Gasteiger partial charge in [-0.25, -0.2) is 0 Å². The minimum Gasteiger partial charge on any atom is -0.313 e. The summed E-state index contributed by atoms with van der Waals surface area (Å²) in [5, 5.41) is 3.51. The van der Waals surface area contributed by atoms with Gasteiger partial charge in [-0.3, -0.25) is 0 Å². The minimum atomic E-state index is 0.956. The van der Waals surface area contributed by atoms with Crippen molar-refractivity contribution in [1.29, 1.82) is 0 Å². The molecule has 1 heteroatoms. The summed E-state index contributed by atoms with van der Waals surface area (Å²) in [4.78, 5) is 0. The Morgan fingerprint density at radius 2 is 1.60 bits per heavy atom. The van der Waals surface area contributed by atoms with E-state index in [9.17, 15) is 0 Å². The molecule has 2 aromatic rings. The summed E-state index contributed by atoms with van der Waals surface area (Å²) in [6.45, 7) is 4.14. The van der Waals surface area contributed by atoms with Crippen LogP contribution in [-0.2, 0) is 6.54 Å². The van der Waals surface area contributed by atoms with Crippen LogP contribution >= 0.6 is 0 Å². The minimum absolute atomic E-state index is 0.956. The lowest BCUT2D eigenvalue weighted by atomic mass is 10.0. The van der Waals surface area contributed by atoms with Gasteiger partial charge < -0.3 is 5.32 Å². The van der Waals surface area contributed by atoms with Gasteiger partial charge in [-0.1, -0.05) is 66.7 Å². The standard InChI is InChI=1S/C19H23N/c1-2-18(19-12-7-4-8-13-19)14-9-15-20-16-17-10-5-3-6-11-17/h2-8,10-13,20H,9,14-16H2,1H3/b18-2+. The molecular weight excluding hydrogens is 242 g/mol. The van der Waals surface area contributed by atoms with Crippen LogP contribution in [0.15, 0.2) is 66.7 Å². The number of rotatable bonds is 7. The lowest BCUT2D eigenvalue weighted by molar-refractivity contribution is 0.658. The number of hydrogen-bond donors (Lipinski definition) is 1. The molecular formula is C19H23N. The molecule has 0 fully saturated rings. The topological polar surface area (TPSA) is 12.0 Å². The van der Waals surface area contributed by atoms with E-state index >= 15 is 0 Å². The smallest absolute Gasteiger partial charge is 0.0205 e. The largest absolute Gasteiger partial charge is 0.313 e. The van der Waals surface area contributed by atoms with Crippen LogP contribution in [0.5, 0.6) is 0 Å². The number of allylic oxidation sites excluding steroid dienone is 2. The average molecular weight is 265 g/mol. The first-order valence-corrected chi connectivity index (χ1v) is 7.35. The van der Waals surface area contributed by atoms with Crippen molar-refractivity contribution in [3.63, 3.8) is 0 Å². The lowest BCUT2D eigenvalue weighted by Crippen LogP contribution is -2.14. The highest BCUT2D eigenvalue weighted by Crippen LogP contribution is 2.18. The number of benzene rings is 2. The Labute approximate surface area is 122 Å². The molecule has 0 aromatic heterocycles. The summed E-state index contributed by atoms with van der Waals surface area (Å²) >= 11 is 0. The van der Waals surface area contributed by atoms with Crippen molar-refractivity contribution in [3.05, 3.63) is 77.9 Å². The van der Waals surface area contributed by atoms with Gasteiger partial charge >= 0.3 is 0 Å². The van der Waals surface area contributed by atoms with Crippen molar-refractivity contribution >= 4 is 5.57 Å². The monoisotopic (exact) mass is 265 g/mol. The molecule has 0 radical (unpaired) electrons. The van der Waals surface area contributed by atoms with Crippen LogP contribution in [0.25, 0.3) is 5.57 Å². The Morgan fingerprint density at radius 1 is 0.950 bits per heavy atom. The molecule has 0 saturated carbocycles. The van der Waals surface area contributed by atoms with E-state index in [1.54, 1.807) is 0 Å². The van der Waals surface area contributed by atoms with Crippen LogP contribution in [0, 0.1) is 0 Å². The van der Waals surface area contributed by atoms with Gasteiger partial charge in [0, 0.05) is 6.54 Å². The van der Waals surface area contributed by atoms with Crippen molar-refractivity contribution in [2.75, 3.05) is 6.54 Å². The first-order valence-electron chi connectivity index (χ1n) is 7.35. The Balaban J connectivity index is 1.70. The summed E-state index contributed by atoms with van der Waals surface area (Å²) < 4.78 is 0. The third-order valence-electron chi connectivity index (χ3n) is 3.46. The van der Waals surface area contributed by atoms with Gasteiger partial charge in [-0.15, -0.1) is 0 Å². The van der Waals surface area contributed by atoms with Crippen LogP contribution in [0.3, 0.4) is 0 Å². The Morgan fingerprint density at radius 3 is 2.25 bits per heavy atom. The first-order chi connectivity index (χ1) is 9.90. The van der Waals surface area contributed by atoms with E-state index < -0.39 is 0 Å². The zero-order valence-corrected chi connectivity index (χ0v) is 12.2. The van der Waals surface area contributed by atoms with Crippen LogP contribution in [-0.4, -0.2) is 6.54 Å². The third kappa shape index (κ3) is 4.67. The molecule has 20 heavy (non-hydrogen) atoms. The lowest BCUT2D eigenvalue weighted by Gasteiger charge is -2.08. The fourth-order valence-electron chi connectivity index (χ4n) is 2.34. The predicted octanol–water partition coefficient (Wildman–Crippen LogP) is 4.66. The van der Waals surface area contributed by atoms with Gasteiger partial charge in [0.2, 0.25) is 0 Å². The Kier molecular flexibility index (Phi) is 6.07.